The molecule has 0 aromatic carbocycles. The molecule has 27 heavy (non-hydrogen) atoms. The van der Waals surface area contributed by atoms with E-state index in [1.165, 1.54) is 11.3 Å². The topological polar surface area (TPSA) is 101 Å². The molecule has 3 rings (SSSR count). The second-order valence-corrected chi connectivity index (χ2v) is 7.03. The van der Waals surface area contributed by atoms with E-state index in [4.69, 9.17) is 10.2 Å². The molecule has 2 amide bonds. The normalized spacial score (nSPS) is 16.2. The van der Waals surface area contributed by atoms with Crippen LogP contribution >= 0.6 is 36.2 Å². The molecule has 0 aliphatic carbocycles. The van der Waals surface area contributed by atoms with Gasteiger partial charge in [-0.05, 0) is 31.4 Å². The molecule has 7 nitrogen and oxygen atoms in total. The smallest absolute Gasteiger partial charge is 0.265 e. The Morgan fingerprint density at radius 3 is 2.89 bits per heavy atom. The summed E-state index contributed by atoms with van der Waals surface area (Å²) >= 11 is 1.33. The number of hydrogen-bond donors (Lipinski definition) is 2. The van der Waals surface area contributed by atoms with E-state index < -0.39 is 0 Å². The summed E-state index contributed by atoms with van der Waals surface area (Å²) in [6, 6.07) is 3.63. The number of nitrogens with one attached hydrogen (secondary N) is 1. The van der Waals surface area contributed by atoms with Crippen LogP contribution in [0, 0.1) is 0 Å². The highest BCUT2D eigenvalue weighted by atomic mass is 35.5. The van der Waals surface area contributed by atoms with Crippen LogP contribution in [0.4, 0.5) is 0 Å². The highest BCUT2D eigenvalue weighted by Crippen LogP contribution is 2.28. The van der Waals surface area contributed by atoms with Gasteiger partial charge in [-0.15, -0.1) is 36.2 Å². The molecular weight excluding hydrogens is 411 g/mol. The summed E-state index contributed by atoms with van der Waals surface area (Å²) in [6.07, 6.45) is 6.41. The Labute approximate surface area is 174 Å². The van der Waals surface area contributed by atoms with E-state index in [1.807, 2.05) is 11.0 Å². The van der Waals surface area contributed by atoms with Crippen molar-refractivity contribution in [3.05, 3.63) is 29.5 Å². The fraction of sp³-hybridized carbons (Fsp3) is 0.471. The average molecular weight is 435 g/mol. The largest absolute Gasteiger partial charge is 0.462 e. The van der Waals surface area contributed by atoms with Crippen molar-refractivity contribution >= 4 is 48.0 Å². The van der Waals surface area contributed by atoms with Gasteiger partial charge in [0.05, 0.1) is 12.5 Å². The number of carbonyl (C=O) groups is 2. The number of amides is 2. The van der Waals surface area contributed by atoms with E-state index in [9.17, 15) is 9.59 Å². The Morgan fingerprint density at radius 1 is 1.37 bits per heavy atom. The number of hydrogen-bond acceptors (Lipinski definition) is 6. The maximum Gasteiger partial charge on any atom is 0.265 e. The highest BCUT2D eigenvalue weighted by Gasteiger charge is 2.29. The molecule has 150 valence electrons. The Kier molecular flexibility index (Phi) is 9.79. The lowest BCUT2D eigenvalue weighted by Gasteiger charge is -2.35. The van der Waals surface area contributed by atoms with Gasteiger partial charge in [-0.25, -0.2) is 4.98 Å². The molecule has 0 radical (unpaired) electrons. The van der Waals surface area contributed by atoms with E-state index >= 15 is 0 Å². The molecule has 2 aromatic heterocycles. The number of likely N-dealkylation sites (tertiary alicyclic amines) is 1. The highest BCUT2D eigenvalue weighted by molar-refractivity contribution is 7.16. The van der Waals surface area contributed by atoms with Crippen molar-refractivity contribution < 1.29 is 14.0 Å². The van der Waals surface area contributed by atoms with Gasteiger partial charge in [0.15, 0.2) is 10.8 Å². The van der Waals surface area contributed by atoms with Crippen molar-refractivity contribution in [3.63, 3.8) is 0 Å². The van der Waals surface area contributed by atoms with E-state index in [0.29, 0.717) is 41.7 Å². The second kappa shape index (κ2) is 11.3. The van der Waals surface area contributed by atoms with Gasteiger partial charge in [-0.2, -0.15) is 0 Å². The second-order valence-electron chi connectivity index (χ2n) is 6.00. The van der Waals surface area contributed by atoms with Crippen molar-refractivity contribution in [2.45, 2.75) is 31.7 Å². The Balaban J connectivity index is 0.00000182. The van der Waals surface area contributed by atoms with Gasteiger partial charge in [0, 0.05) is 32.1 Å². The molecule has 0 spiro atoms. The van der Waals surface area contributed by atoms with Crippen LogP contribution in [0.25, 0.3) is 10.8 Å². The molecule has 1 fully saturated rings. The zero-order valence-electron chi connectivity index (χ0n) is 14.8. The standard InChI is InChI=1S/C17H22N4O3S.2ClH/c18-7-6-15(22)19-10-12-4-1-2-8-21(12)17(23)14-11-20-16(25-14)13-5-3-9-24-13;;/h3,5,9,11-12H,1-2,4,6-8,10,18H2,(H,19,22);2*1H. The van der Waals surface area contributed by atoms with Gasteiger partial charge in [0.2, 0.25) is 5.91 Å². The van der Waals surface area contributed by atoms with Gasteiger partial charge >= 0.3 is 0 Å². The van der Waals surface area contributed by atoms with E-state index in [-0.39, 0.29) is 42.7 Å². The Hall–Kier alpha value is -1.61. The summed E-state index contributed by atoms with van der Waals surface area (Å²) in [7, 11) is 0. The molecule has 3 N–H and O–H groups in total. The molecular formula is C17H24Cl2N4O3S. The lowest BCUT2D eigenvalue weighted by Crippen LogP contribution is -2.49. The fourth-order valence-corrected chi connectivity index (χ4v) is 3.80. The maximum absolute atomic E-state index is 12.9. The first kappa shape index (κ1) is 23.4. The predicted molar refractivity (Wildman–Crippen MR) is 110 cm³/mol. The number of carbonyl (C=O) groups excluding carboxylic acids is 2. The lowest BCUT2D eigenvalue weighted by atomic mass is 10.0. The maximum atomic E-state index is 12.9. The first-order valence-electron chi connectivity index (χ1n) is 8.46. The summed E-state index contributed by atoms with van der Waals surface area (Å²) in [6.45, 7) is 1.49. The number of nitrogens with zero attached hydrogens (tertiary/aromatic N) is 2. The summed E-state index contributed by atoms with van der Waals surface area (Å²) < 4.78 is 5.33. The first-order valence-corrected chi connectivity index (χ1v) is 9.28. The number of thiazole rings is 1. The van der Waals surface area contributed by atoms with Crippen LogP contribution in [0.5, 0.6) is 0 Å². The van der Waals surface area contributed by atoms with Crippen LogP contribution < -0.4 is 11.1 Å². The number of nitrogens with two attached hydrogens (primary N) is 1. The Bertz CT molecular complexity index is 724. The molecule has 0 saturated carbocycles. The van der Waals surface area contributed by atoms with E-state index in [2.05, 4.69) is 10.3 Å². The summed E-state index contributed by atoms with van der Waals surface area (Å²) in [5.41, 5.74) is 5.39. The van der Waals surface area contributed by atoms with Gasteiger partial charge in [0.1, 0.15) is 4.88 Å². The van der Waals surface area contributed by atoms with Gasteiger partial charge in [-0.1, -0.05) is 0 Å². The Morgan fingerprint density at radius 2 is 2.19 bits per heavy atom. The summed E-state index contributed by atoms with van der Waals surface area (Å²) in [5, 5.41) is 3.57. The molecule has 0 bridgehead atoms. The van der Waals surface area contributed by atoms with Crippen molar-refractivity contribution in [1.82, 2.24) is 15.2 Å². The fourth-order valence-electron chi connectivity index (χ4n) is 2.96. The molecule has 1 aliphatic heterocycles. The average Bonchev–Trinajstić information content (AvgIpc) is 3.31. The predicted octanol–water partition coefficient (Wildman–Crippen LogP) is 2.71. The minimum absolute atomic E-state index is 0. The number of furan rings is 1. The van der Waals surface area contributed by atoms with Crippen molar-refractivity contribution in [2.75, 3.05) is 19.6 Å². The van der Waals surface area contributed by atoms with E-state index in [0.717, 1.165) is 19.3 Å². The summed E-state index contributed by atoms with van der Waals surface area (Å²) in [5.74, 6) is 0.555. The molecule has 3 heterocycles. The molecule has 1 unspecified atom stereocenters. The first-order chi connectivity index (χ1) is 12.2. The minimum Gasteiger partial charge on any atom is -0.462 e. The minimum atomic E-state index is -0.0710. The zero-order valence-corrected chi connectivity index (χ0v) is 17.2. The van der Waals surface area contributed by atoms with Crippen molar-refractivity contribution in [1.29, 1.82) is 0 Å². The van der Waals surface area contributed by atoms with Gasteiger partial charge in [-0.3, -0.25) is 9.59 Å². The van der Waals surface area contributed by atoms with Crippen LogP contribution in [0.2, 0.25) is 0 Å². The molecule has 1 atom stereocenters. The van der Waals surface area contributed by atoms with Crippen molar-refractivity contribution in [3.8, 4) is 10.8 Å². The van der Waals surface area contributed by atoms with Crippen LogP contribution in [0.3, 0.4) is 0 Å². The third kappa shape index (κ3) is 5.93. The molecule has 10 heteroatoms. The number of piperidine rings is 1. The van der Waals surface area contributed by atoms with Crippen LogP contribution in [0.1, 0.15) is 35.4 Å². The molecule has 1 saturated heterocycles. The zero-order chi connectivity index (χ0) is 17.6. The quantitative estimate of drug-likeness (QED) is 0.727. The third-order valence-electron chi connectivity index (χ3n) is 4.24. The lowest BCUT2D eigenvalue weighted by molar-refractivity contribution is -0.121. The number of halogens is 2. The summed E-state index contributed by atoms with van der Waals surface area (Å²) in [4.78, 5) is 31.3. The third-order valence-corrected chi connectivity index (χ3v) is 5.24. The van der Waals surface area contributed by atoms with E-state index in [1.54, 1.807) is 18.5 Å². The molecule has 1 aliphatic rings. The van der Waals surface area contributed by atoms with Gasteiger partial charge in [0.25, 0.3) is 5.91 Å². The van der Waals surface area contributed by atoms with Crippen LogP contribution in [-0.2, 0) is 4.79 Å². The van der Waals surface area contributed by atoms with Crippen LogP contribution in [0.15, 0.2) is 29.0 Å². The molecule has 2 aromatic rings. The van der Waals surface area contributed by atoms with Gasteiger partial charge < -0.3 is 20.4 Å². The van der Waals surface area contributed by atoms with Crippen LogP contribution in [-0.4, -0.2) is 47.4 Å². The number of aromatic nitrogens is 1. The number of rotatable bonds is 6. The monoisotopic (exact) mass is 434 g/mol. The van der Waals surface area contributed by atoms with Crippen molar-refractivity contribution in [2.24, 2.45) is 5.73 Å². The SMILES string of the molecule is Cl.Cl.NCCC(=O)NCC1CCCCN1C(=O)c1cnc(-c2ccco2)s1.